The smallest absolute Gasteiger partial charge is 0.334 e. The van der Waals surface area contributed by atoms with E-state index in [1.165, 1.54) is 4.90 Å². The largest absolute Gasteiger partial charge is 0.416 e. The summed E-state index contributed by atoms with van der Waals surface area (Å²) >= 11 is 0. The van der Waals surface area contributed by atoms with Crippen LogP contribution in [-0.4, -0.2) is 29.9 Å². The van der Waals surface area contributed by atoms with Crippen LogP contribution in [0.2, 0.25) is 0 Å². The highest BCUT2D eigenvalue weighted by Gasteiger charge is 2.36. The third kappa shape index (κ3) is 3.09. The molecular formula is C13H14F4N2O. The highest BCUT2D eigenvalue weighted by Crippen LogP contribution is 2.32. The van der Waals surface area contributed by atoms with Crippen LogP contribution in [0.15, 0.2) is 18.2 Å². The minimum Gasteiger partial charge on any atom is -0.334 e. The van der Waals surface area contributed by atoms with Gasteiger partial charge < -0.3 is 10.6 Å². The van der Waals surface area contributed by atoms with Crippen molar-refractivity contribution in [2.45, 2.75) is 25.1 Å². The van der Waals surface area contributed by atoms with Crippen LogP contribution in [0.4, 0.5) is 17.6 Å². The van der Waals surface area contributed by atoms with Gasteiger partial charge in [-0.15, -0.1) is 0 Å². The fraction of sp³-hybridized carbons (Fsp3) is 0.462. The summed E-state index contributed by atoms with van der Waals surface area (Å²) in [5.41, 5.74) is 3.79. The van der Waals surface area contributed by atoms with Gasteiger partial charge in [-0.2, -0.15) is 13.2 Å². The Morgan fingerprint density at radius 1 is 1.35 bits per heavy atom. The quantitative estimate of drug-likeness (QED) is 0.866. The Morgan fingerprint density at radius 3 is 2.50 bits per heavy atom. The van der Waals surface area contributed by atoms with Crippen molar-refractivity contribution in [3.05, 3.63) is 35.1 Å². The van der Waals surface area contributed by atoms with Crippen LogP contribution in [-0.2, 0) is 6.18 Å². The lowest BCUT2D eigenvalue weighted by Crippen LogP contribution is -2.37. The van der Waals surface area contributed by atoms with E-state index in [4.69, 9.17) is 5.73 Å². The Bertz CT molecular complexity index is 512. The summed E-state index contributed by atoms with van der Waals surface area (Å²) in [6.07, 6.45) is -3.07. The second-order valence-corrected chi connectivity index (χ2v) is 4.71. The second kappa shape index (κ2) is 5.40. The summed E-state index contributed by atoms with van der Waals surface area (Å²) in [7, 11) is 0. The summed E-state index contributed by atoms with van der Waals surface area (Å²) in [6, 6.07) is 1.81. The lowest BCUT2D eigenvalue weighted by Gasteiger charge is -2.22. The maximum Gasteiger partial charge on any atom is 0.416 e. The van der Waals surface area contributed by atoms with Crippen molar-refractivity contribution >= 4 is 5.91 Å². The molecule has 1 fully saturated rings. The Balaban J connectivity index is 2.32. The number of carbonyl (C=O) groups is 1. The van der Waals surface area contributed by atoms with Crippen molar-refractivity contribution in [3.63, 3.8) is 0 Å². The van der Waals surface area contributed by atoms with E-state index >= 15 is 0 Å². The first-order chi connectivity index (χ1) is 9.34. The van der Waals surface area contributed by atoms with Crippen molar-refractivity contribution < 1.29 is 22.4 Å². The molecule has 20 heavy (non-hydrogen) atoms. The molecule has 7 heteroatoms. The molecule has 0 aromatic heterocycles. The van der Waals surface area contributed by atoms with E-state index in [1.54, 1.807) is 0 Å². The molecule has 0 bridgehead atoms. The second-order valence-electron chi connectivity index (χ2n) is 4.71. The summed E-state index contributed by atoms with van der Waals surface area (Å²) in [6.45, 7) is 0.391. The van der Waals surface area contributed by atoms with Crippen molar-refractivity contribution in [1.29, 1.82) is 0 Å². The Labute approximate surface area is 113 Å². The van der Waals surface area contributed by atoms with Crippen molar-refractivity contribution in [3.8, 4) is 0 Å². The first kappa shape index (κ1) is 14.8. The number of hydrogen-bond donors (Lipinski definition) is 1. The maximum absolute atomic E-state index is 13.6. The SMILES string of the molecule is NCCN(C(=O)c1cc(C(F)(F)F)ccc1F)C1CC1. The molecule has 0 radical (unpaired) electrons. The standard InChI is InChI=1S/C13H14F4N2O/c14-11-4-1-8(13(15,16)17)7-10(11)12(20)19(6-5-18)9-2-3-9/h1,4,7,9H,2-3,5-6,18H2. The van der Waals surface area contributed by atoms with E-state index in [2.05, 4.69) is 0 Å². The van der Waals surface area contributed by atoms with Crippen molar-refractivity contribution in [2.24, 2.45) is 5.73 Å². The van der Waals surface area contributed by atoms with Gasteiger partial charge in [0, 0.05) is 19.1 Å². The third-order valence-corrected chi connectivity index (χ3v) is 3.14. The number of rotatable bonds is 4. The fourth-order valence-electron chi connectivity index (χ4n) is 2.00. The van der Waals surface area contributed by atoms with Crippen molar-refractivity contribution in [1.82, 2.24) is 4.90 Å². The first-order valence-corrected chi connectivity index (χ1v) is 6.22. The molecule has 0 aliphatic heterocycles. The summed E-state index contributed by atoms with van der Waals surface area (Å²) in [5, 5.41) is 0. The van der Waals surface area contributed by atoms with E-state index in [0.29, 0.717) is 18.2 Å². The molecular weight excluding hydrogens is 276 g/mol. The van der Waals surface area contributed by atoms with Crippen LogP contribution in [0.25, 0.3) is 0 Å². The number of alkyl halides is 3. The highest BCUT2D eigenvalue weighted by atomic mass is 19.4. The predicted octanol–water partition coefficient (Wildman–Crippen LogP) is 2.41. The average molecular weight is 290 g/mol. The van der Waals surface area contributed by atoms with Crippen LogP contribution in [0, 0.1) is 5.82 Å². The van der Waals surface area contributed by atoms with E-state index in [-0.39, 0.29) is 19.1 Å². The molecule has 2 N–H and O–H groups in total. The summed E-state index contributed by atoms with van der Waals surface area (Å²) in [4.78, 5) is 13.5. The van der Waals surface area contributed by atoms with Crippen molar-refractivity contribution in [2.75, 3.05) is 13.1 Å². The van der Waals surface area contributed by atoms with Gasteiger partial charge in [0.2, 0.25) is 0 Å². The minimum absolute atomic E-state index is 0.0417. The van der Waals surface area contributed by atoms with E-state index in [1.807, 2.05) is 0 Å². The number of nitrogens with two attached hydrogens (primary N) is 1. The van der Waals surface area contributed by atoms with Crippen LogP contribution >= 0.6 is 0 Å². The van der Waals surface area contributed by atoms with Gasteiger partial charge in [0.15, 0.2) is 0 Å². The molecule has 0 saturated heterocycles. The molecule has 1 aromatic carbocycles. The number of hydrogen-bond acceptors (Lipinski definition) is 2. The minimum atomic E-state index is -4.61. The molecule has 1 amide bonds. The van der Waals surface area contributed by atoms with Gasteiger partial charge in [0.25, 0.3) is 5.91 Å². The van der Waals surface area contributed by atoms with Gasteiger partial charge in [0.1, 0.15) is 5.82 Å². The molecule has 0 heterocycles. The Kier molecular flexibility index (Phi) is 3.99. The molecule has 110 valence electrons. The van der Waals surface area contributed by atoms with Gasteiger partial charge in [0.05, 0.1) is 11.1 Å². The third-order valence-electron chi connectivity index (χ3n) is 3.14. The average Bonchev–Trinajstić information content (AvgIpc) is 3.18. The van der Waals surface area contributed by atoms with Crippen LogP contribution in [0.1, 0.15) is 28.8 Å². The van der Waals surface area contributed by atoms with E-state index < -0.39 is 29.0 Å². The number of benzene rings is 1. The van der Waals surface area contributed by atoms with Crippen LogP contribution in [0.5, 0.6) is 0 Å². The predicted molar refractivity (Wildman–Crippen MR) is 64.5 cm³/mol. The zero-order valence-corrected chi connectivity index (χ0v) is 10.6. The number of nitrogens with zero attached hydrogens (tertiary/aromatic N) is 1. The maximum atomic E-state index is 13.6. The van der Waals surface area contributed by atoms with E-state index in [0.717, 1.165) is 12.8 Å². The molecule has 0 unspecified atom stereocenters. The molecule has 0 atom stereocenters. The van der Waals surface area contributed by atoms with Crippen LogP contribution in [0.3, 0.4) is 0 Å². The topological polar surface area (TPSA) is 46.3 Å². The molecule has 1 aromatic rings. The highest BCUT2D eigenvalue weighted by molar-refractivity contribution is 5.95. The molecule has 3 nitrogen and oxygen atoms in total. The zero-order chi connectivity index (χ0) is 14.9. The zero-order valence-electron chi connectivity index (χ0n) is 10.6. The molecule has 1 aliphatic rings. The summed E-state index contributed by atoms with van der Waals surface area (Å²) in [5.74, 6) is -1.69. The Morgan fingerprint density at radius 2 is 2.00 bits per heavy atom. The Hall–Kier alpha value is -1.63. The summed E-state index contributed by atoms with van der Waals surface area (Å²) < 4.78 is 51.5. The van der Waals surface area contributed by atoms with E-state index in [9.17, 15) is 22.4 Å². The normalized spacial score (nSPS) is 15.2. The number of halogens is 4. The molecule has 2 rings (SSSR count). The number of carbonyl (C=O) groups excluding carboxylic acids is 1. The molecule has 1 saturated carbocycles. The lowest BCUT2D eigenvalue weighted by molar-refractivity contribution is -0.137. The lowest BCUT2D eigenvalue weighted by atomic mass is 10.1. The first-order valence-electron chi connectivity index (χ1n) is 6.22. The van der Waals surface area contributed by atoms with Gasteiger partial charge in [-0.1, -0.05) is 0 Å². The molecule has 0 spiro atoms. The van der Waals surface area contributed by atoms with Gasteiger partial charge in [-0.25, -0.2) is 4.39 Å². The van der Waals surface area contributed by atoms with Crippen LogP contribution < -0.4 is 5.73 Å². The van der Waals surface area contributed by atoms with Gasteiger partial charge >= 0.3 is 6.18 Å². The monoisotopic (exact) mass is 290 g/mol. The number of amides is 1. The fourth-order valence-corrected chi connectivity index (χ4v) is 2.00. The molecule has 1 aliphatic carbocycles. The van der Waals surface area contributed by atoms with Gasteiger partial charge in [-0.05, 0) is 31.0 Å². The van der Waals surface area contributed by atoms with Gasteiger partial charge in [-0.3, -0.25) is 4.79 Å².